The first-order valence-electron chi connectivity index (χ1n) is 5.25. The lowest BCUT2D eigenvalue weighted by Crippen LogP contribution is -2.22. The minimum atomic E-state index is 0.403. The SMILES string of the molecule is CC(C)(C)C1CCCc2cc[nH]c21. The molecule has 72 valence electrons. The van der Waals surface area contributed by atoms with E-state index in [4.69, 9.17) is 0 Å². The summed E-state index contributed by atoms with van der Waals surface area (Å²) < 4.78 is 0. The van der Waals surface area contributed by atoms with Crippen molar-refractivity contribution in [3.05, 3.63) is 23.5 Å². The second kappa shape index (κ2) is 2.90. The summed E-state index contributed by atoms with van der Waals surface area (Å²) in [4.78, 5) is 3.41. The van der Waals surface area contributed by atoms with Gasteiger partial charge < -0.3 is 4.98 Å². The minimum Gasteiger partial charge on any atom is -0.365 e. The highest BCUT2D eigenvalue weighted by molar-refractivity contribution is 5.28. The molecular weight excluding hydrogens is 158 g/mol. The van der Waals surface area contributed by atoms with Gasteiger partial charge in [-0.1, -0.05) is 20.8 Å². The van der Waals surface area contributed by atoms with Gasteiger partial charge >= 0.3 is 0 Å². The Balaban J connectivity index is 2.35. The lowest BCUT2D eigenvalue weighted by Gasteiger charge is -2.33. The zero-order chi connectivity index (χ0) is 9.47. The van der Waals surface area contributed by atoms with E-state index in [1.165, 1.54) is 25.0 Å². The van der Waals surface area contributed by atoms with Crippen LogP contribution in [0.15, 0.2) is 12.3 Å². The van der Waals surface area contributed by atoms with E-state index in [9.17, 15) is 0 Å². The molecule has 0 aliphatic heterocycles. The Bertz CT molecular complexity index is 290. The van der Waals surface area contributed by atoms with Gasteiger partial charge in [-0.3, -0.25) is 0 Å². The molecule has 0 spiro atoms. The molecule has 1 aliphatic carbocycles. The number of aryl methyl sites for hydroxylation is 1. The molecule has 1 heterocycles. The molecule has 1 aromatic rings. The largest absolute Gasteiger partial charge is 0.365 e. The van der Waals surface area contributed by atoms with Gasteiger partial charge in [0.1, 0.15) is 0 Å². The highest BCUT2D eigenvalue weighted by Gasteiger charge is 2.30. The highest BCUT2D eigenvalue weighted by Crippen LogP contribution is 2.42. The zero-order valence-electron chi connectivity index (χ0n) is 8.85. The number of aromatic amines is 1. The van der Waals surface area contributed by atoms with Crippen molar-refractivity contribution in [1.82, 2.24) is 4.98 Å². The van der Waals surface area contributed by atoms with E-state index in [0.717, 1.165) is 5.92 Å². The Morgan fingerprint density at radius 3 is 2.85 bits per heavy atom. The molecule has 0 amide bonds. The monoisotopic (exact) mass is 177 g/mol. The predicted octanol–water partition coefficient (Wildman–Crippen LogP) is 3.48. The molecule has 1 unspecified atom stereocenters. The van der Waals surface area contributed by atoms with Crippen LogP contribution in [0.1, 0.15) is 50.8 Å². The van der Waals surface area contributed by atoms with Gasteiger partial charge in [0.15, 0.2) is 0 Å². The molecule has 1 aliphatic rings. The highest BCUT2D eigenvalue weighted by atomic mass is 14.7. The summed E-state index contributed by atoms with van der Waals surface area (Å²) in [5.74, 6) is 0.728. The van der Waals surface area contributed by atoms with E-state index >= 15 is 0 Å². The molecule has 1 heteroatoms. The molecular formula is C12H19N. The third kappa shape index (κ3) is 1.52. The summed E-state index contributed by atoms with van der Waals surface area (Å²) in [5.41, 5.74) is 3.45. The third-order valence-corrected chi connectivity index (χ3v) is 3.20. The molecule has 0 fully saturated rings. The fraction of sp³-hybridized carbons (Fsp3) is 0.667. The van der Waals surface area contributed by atoms with Gasteiger partial charge in [0, 0.05) is 17.8 Å². The van der Waals surface area contributed by atoms with Crippen molar-refractivity contribution in [3.63, 3.8) is 0 Å². The van der Waals surface area contributed by atoms with Gasteiger partial charge in [-0.25, -0.2) is 0 Å². The van der Waals surface area contributed by atoms with Crippen LogP contribution in [0, 0.1) is 5.41 Å². The average molecular weight is 177 g/mol. The summed E-state index contributed by atoms with van der Waals surface area (Å²) in [7, 11) is 0. The van der Waals surface area contributed by atoms with Gasteiger partial charge in [0.2, 0.25) is 0 Å². The van der Waals surface area contributed by atoms with Crippen LogP contribution < -0.4 is 0 Å². The molecule has 0 aromatic carbocycles. The second-order valence-electron chi connectivity index (χ2n) is 5.23. The van der Waals surface area contributed by atoms with E-state index < -0.39 is 0 Å². The molecule has 2 rings (SSSR count). The van der Waals surface area contributed by atoms with E-state index in [1.807, 2.05) is 0 Å². The molecule has 0 saturated heterocycles. The fourth-order valence-corrected chi connectivity index (χ4v) is 2.46. The first kappa shape index (κ1) is 8.86. The normalized spacial score (nSPS) is 22.8. The fourth-order valence-electron chi connectivity index (χ4n) is 2.46. The Kier molecular flexibility index (Phi) is 1.98. The Morgan fingerprint density at radius 2 is 2.15 bits per heavy atom. The van der Waals surface area contributed by atoms with Crippen molar-refractivity contribution in [3.8, 4) is 0 Å². The van der Waals surface area contributed by atoms with Gasteiger partial charge in [-0.05, 0) is 36.3 Å². The van der Waals surface area contributed by atoms with Crippen molar-refractivity contribution in [1.29, 1.82) is 0 Å². The van der Waals surface area contributed by atoms with Gasteiger partial charge in [-0.2, -0.15) is 0 Å². The predicted molar refractivity (Wildman–Crippen MR) is 55.9 cm³/mol. The van der Waals surface area contributed by atoms with Gasteiger partial charge in [-0.15, -0.1) is 0 Å². The van der Waals surface area contributed by atoms with Crippen LogP contribution in [0.4, 0.5) is 0 Å². The number of hydrogen-bond acceptors (Lipinski definition) is 0. The summed E-state index contributed by atoms with van der Waals surface area (Å²) in [6.45, 7) is 7.02. The summed E-state index contributed by atoms with van der Waals surface area (Å²) in [5, 5.41) is 0. The van der Waals surface area contributed by atoms with E-state index in [1.54, 1.807) is 5.56 Å². The molecule has 1 nitrogen and oxygen atoms in total. The van der Waals surface area contributed by atoms with Crippen molar-refractivity contribution in [2.75, 3.05) is 0 Å². The van der Waals surface area contributed by atoms with Crippen molar-refractivity contribution < 1.29 is 0 Å². The standard InChI is InChI=1S/C12H19N/c1-12(2,3)10-6-4-5-9-7-8-13-11(9)10/h7-8,10,13H,4-6H2,1-3H3. The van der Waals surface area contributed by atoms with Gasteiger partial charge in [0.05, 0.1) is 0 Å². The molecule has 13 heavy (non-hydrogen) atoms. The smallest absolute Gasteiger partial charge is 0.0216 e. The first-order chi connectivity index (χ1) is 6.09. The third-order valence-electron chi connectivity index (χ3n) is 3.20. The van der Waals surface area contributed by atoms with E-state index in [0.29, 0.717) is 5.41 Å². The molecule has 1 N–H and O–H groups in total. The van der Waals surface area contributed by atoms with Gasteiger partial charge in [0.25, 0.3) is 0 Å². The minimum absolute atomic E-state index is 0.403. The van der Waals surface area contributed by atoms with Crippen molar-refractivity contribution >= 4 is 0 Å². The van der Waals surface area contributed by atoms with Crippen molar-refractivity contribution in [2.24, 2.45) is 5.41 Å². The lowest BCUT2D eigenvalue weighted by molar-refractivity contribution is 0.285. The van der Waals surface area contributed by atoms with Crippen LogP contribution in [0.2, 0.25) is 0 Å². The number of fused-ring (bicyclic) bond motifs is 1. The Labute approximate surface area is 80.6 Å². The van der Waals surface area contributed by atoms with Crippen LogP contribution in [0.25, 0.3) is 0 Å². The molecule has 1 aromatic heterocycles. The maximum Gasteiger partial charge on any atom is 0.0216 e. The topological polar surface area (TPSA) is 15.8 Å². The summed E-state index contributed by atoms with van der Waals surface area (Å²) >= 11 is 0. The van der Waals surface area contributed by atoms with Crippen LogP contribution in [-0.2, 0) is 6.42 Å². The number of H-pyrrole nitrogens is 1. The molecule has 0 saturated carbocycles. The average Bonchev–Trinajstić information content (AvgIpc) is 2.48. The molecule has 0 bridgehead atoms. The first-order valence-corrected chi connectivity index (χ1v) is 5.25. The number of nitrogens with one attached hydrogen (secondary N) is 1. The lowest BCUT2D eigenvalue weighted by atomic mass is 9.72. The quantitative estimate of drug-likeness (QED) is 0.624. The molecule has 0 radical (unpaired) electrons. The Morgan fingerprint density at radius 1 is 1.38 bits per heavy atom. The number of hydrogen-bond donors (Lipinski definition) is 1. The second-order valence-corrected chi connectivity index (χ2v) is 5.23. The zero-order valence-corrected chi connectivity index (χ0v) is 8.85. The maximum atomic E-state index is 3.41. The number of aromatic nitrogens is 1. The van der Waals surface area contributed by atoms with E-state index in [-0.39, 0.29) is 0 Å². The Hall–Kier alpha value is -0.720. The number of rotatable bonds is 0. The summed E-state index contributed by atoms with van der Waals surface area (Å²) in [6, 6.07) is 2.24. The maximum absolute atomic E-state index is 3.41. The van der Waals surface area contributed by atoms with Crippen LogP contribution >= 0.6 is 0 Å². The van der Waals surface area contributed by atoms with Crippen molar-refractivity contribution in [2.45, 2.75) is 46.0 Å². The van der Waals surface area contributed by atoms with Crippen LogP contribution in [0.5, 0.6) is 0 Å². The van der Waals surface area contributed by atoms with Crippen LogP contribution in [-0.4, -0.2) is 4.98 Å². The van der Waals surface area contributed by atoms with E-state index in [2.05, 4.69) is 38.0 Å². The molecule has 1 atom stereocenters. The summed E-state index contributed by atoms with van der Waals surface area (Å²) in [6.07, 6.45) is 6.06. The van der Waals surface area contributed by atoms with Crippen LogP contribution in [0.3, 0.4) is 0 Å².